The Labute approximate surface area is 111 Å². The molecule has 0 spiro atoms. The summed E-state index contributed by atoms with van der Waals surface area (Å²) in [5.74, 6) is 0.803. The van der Waals surface area contributed by atoms with Crippen molar-refractivity contribution < 1.29 is 0 Å². The third-order valence-corrected chi connectivity index (χ3v) is 3.92. The summed E-state index contributed by atoms with van der Waals surface area (Å²) in [6, 6.07) is 9.30. The minimum absolute atomic E-state index is 0.277. The molecular weight excluding hydrogens is 220 g/mol. The second-order valence-corrected chi connectivity index (χ2v) is 5.65. The molecule has 18 heavy (non-hydrogen) atoms. The zero-order valence-corrected chi connectivity index (χ0v) is 11.5. The second-order valence-electron chi connectivity index (χ2n) is 5.65. The van der Waals surface area contributed by atoms with Crippen LogP contribution in [0.15, 0.2) is 24.3 Å². The molecular formula is C16H26N2. The average Bonchev–Trinajstić information content (AvgIpc) is 2.40. The van der Waals surface area contributed by atoms with Crippen molar-refractivity contribution in [3.8, 4) is 0 Å². The number of nitrogens with two attached hydrogens (primary N) is 1. The zero-order valence-electron chi connectivity index (χ0n) is 11.5. The van der Waals surface area contributed by atoms with E-state index in [4.69, 9.17) is 5.73 Å². The highest BCUT2D eigenvalue weighted by atomic mass is 14.9. The monoisotopic (exact) mass is 246 g/mol. The average molecular weight is 246 g/mol. The Morgan fingerprint density at radius 3 is 2.44 bits per heavy atom. The first-order chi connectivity index (χ1) is 8.75. The molecule has 1 saturated carbocycles. The van der Waals surface area contributed by atoms with E-state index in [0.29, 0.717) is 0 Å². The molecule has 2 nitrogen and oxygen atoms in total. The van der Waals surface area contributed by atoms with Crippen LogP contribution in [0.1, 0.15) is 56.9 Å². The van der Waals surface area contributed by atoms with E-state index in [2.05, 4.69) is 29.6 Å². The summed E-state index contributed by atoms with van der Waals surface area (Å²) in [7, 11) is 0. The molecule has 0 aliphatic heterocycles. The lowest BCUT2D eigenvalue weighted by molar-refractivity contribution is 0.443. The molecule has 0 aromatic heterocycles. The molecule has 0 saturated heterocycles. The summed E-state index contributed by atoms with van der Waals surface area (Å²) in [4.78, 5) is 0. The van der Waals surface area contributed by atoms with Crippen molar-refractivity contribution in [3.63, 3.8) is 0 Å². The fourth-order valence-electron chi connectivity index (χ4n) is 2.75. The number of rotatable bonds is 5. The van der Waals surface area contributed by atoms with Crippen molar-refractivity contribution >= 4 is 5.69 Å². The van der Waals surface area contributed by atoms with E-state index in [-0.39, 0.29) is 6.04 Å². The quantitative estimate of drug-likeness (QED) is 0.827. The van der Waals surface area contributed by atoms with Crippen LogP contribution in [0, 0.1) is 0 Å². The van der Waals surface area contributed by atoms with Gasteiger partial charge in [-0.15, -0.1) is 0 Å². The Morgan fingerprint density at radius 1 is 1.17 bits per heavy atom. The topological polar surface area (TPSA) is 38.0 Å². The molecule has 1 aromatic carbocycles. The molecule has 0 radical (unpaired) electrons. The normalized spacial score (nSPS) is 18.6. The van der Waals surface area contributed by atoms with Gasteiger partial charge in [-0.2, -0.15) is 0 Å². The highest BCUT2D eigenvalue weighted by Crippen LogP contribution is 2.32. The summed E-state index contributed by atoms with van der Waals surface area (Å²) in [5.41, 5.74) is 8.48. The van der Waals surface area contributed by atoms with E-state index in [9.17, 15) is 0 Å². The van der Waals surface area contributed by atoms with E-state index in [1.807, 2.05) is 6.92 Å². The van der Waals surface area contributed by atoms with Gasteiger partial charge in [0.25, 0.3) is 0 Å². The highest BCUT2D eigenvalue weighted by Gasteiger charge is 2.14. The Hall–Kier alpha value is -1.02. The van der Waals surface area contributed by atoms with E-state index in [0.717, 1.165) is 18.9 Å². The lowest BCUT2D eigenvalue weighted by Gasteiger charge is -2.22. The minimum Gasteiger partial charge on any atom is -0.385 e. The number of hydrogen-bond donors (Lipinski definition) is 2. The van der Waals surface area contributed by atoms with Gasteiger partial charge in [0.1, 0.15) is 0 Å². The van der Waals surface area contributed by atoms with Crippen LogP contribution >= 0.6 is 0 Å². The Morgan fingerprint density at radius 2 is 1.83 bits per heavy atom. The summed E-state index contributed by atoms with van der Waals surface area (Å²) in [6.45, 7) is 3.01. The number of benzene rings is 1. The zero-order chi connectivity index (χ0) is 12.8. The van der Waals surface area contributed by atoms with Gasteiger partial charge in [-0.1, -0.05) is 31.4 Å². The lowest BCUT2D eigenvalue weighted by Crippen LogP contribution is -2.19. The van der Waals surface area contributed by atoms with Gasteiger partial charge in [0, 0.05) is 18.3 Å². The number of nitrogens with one attached hydrogen (secondary N) is 1. The first-order valence-corrected chi connectivity index (χ1v) is 7.35. The van der Waals surface area contributed by atoms with E-state index in [1.54, 1.807) is 0 Å². The van der Waals surface area contributed by atoms with Crippen molar-refractivity contribution in [1.29, 1.82) is 0 Å². The first-order valence-electron chi connectivity index (χ1n) is 7.35. The molecule has 0 bridgehead atoms. The fraction of sp³-hybridized carbons (Fsp3) is 0.625. The lowest BCUT2D eigenvalue weighted by atomic mass is 9.84. The molecule has 1 aromatic rings. The Balaban J connectivity index is 1.84. The Kier molecular flexibility index (Phi) is 5.06. The molecule has 0 amide bonds. The molecule has 1 fully saturated rings. The van der Waals surface area contributed by atoms with Gasteiger partial charge in [0.2, 0.25) is 0 Å². The van der Waals surface area contributed by atoms with Gasteiger partial charge < -0.3 is 11.1 Å². The van der Waals surface area contributed by atoms with Gasteiger partial charge in [-0.05, 0) is 49.8 Å². The fourth-order valence-corrected chi connectivity index (χ4v) is 2.75. The summed E-state index contributed by atoms with van der Waals surface area (Å²) >= 11 is 0. The third kappa shape index (κ3) is 4.02. The SMILES string of the molecule is CC(N)CCNc1ccc(C2CCCCC2)cc1. The third-order valence-electron chi connectivity index (χ3n) is 3.92. The van der Waals surface area contributed by atoms with E-state index >= 15 is 0 Å². The van der Waals surface area contributed by atoms with E-state index < -0.39 is 0 Å². The van der Waals surface area contributed by atoms with Crippen molar-refractivity contribution in [3.05, 3.63) is 29.8 Å². The molecule has 1 unspecified atom stereocenters. The molecule has 2 rings (SSSR count). The molecule has 100 valence electrons. The molecule has 1 aliphatic rings. The predicted octanol–water partition coefficient (Wildman–Crippen LogP) is 3.88. The van der Waals surface area contributed by atoms with Gasteiger partial charge in [0.05, 0.1) is 0 Å². The van der Waals surface area contributed by atoms with Crippen LogP contribution in [0.4, 0.5) is 5.69 Å². The van der Waals surface area contributed by atoms with Crippen LogP contribution in [-0.2, 0) is 0 Å². The second kappa shape index (κ2) is 6.79. The molecule has 1 aliphatic carbocycles. The molecule has 0 heterocycles. The maximum atomic E-state index is 5.74. The standard InChI is InChI=1S/C16H26N2/c1-13(17)11-12-18-16-9-7-15(8-10-16)14-5-3-2-4-6-14/h7-10,13-14,18H,2-6,11-12,17H2,1H3. The molecule has 3 N–H and O–H groups in total. The largest absolute Gasteiger partial charge is 0.385 e. The maximum absolute atomic E-state index is 5.74. The van der Waals surface area contributed by atoms with Crippen molar-refractivity contribution in [2.24, 2.45) is 5.73 Å². The number of hydrogen-bond acceptors (Lipinski definition) is 2. The smallest absolute Gasteiger partial charge is 0.0340 e. The summed E-state index contributed by atoms with van der Waals surface area (Å²) < 4.78 is 0. The van der Waals surface area contributed by atoms with Gasteiger partial charge in [0.15, 0.2) is 0 Å². The molecule has 1 atom stereocenters. The van der Waals surface area contributed by atoms with Crippen molar-refractivity contribution in [1.82, 2.24) is 0 Å². The van der Waals surface area contributed by atoms with E-state index in [1.165, 1.54) is 43.4 Å². The maximum Gasteiger partial charge on any atom is 0.0340 e. The van der Waals surface area contributed by atoms with Gasteiger partial charge in [-0.3, -0.25) is 0 Å². The Bertz CT molecular complexity index is 337. The van der Waals surface area contributed by atoms with Gasteiger partial charge in [-0.25, -0.2) is 0 Å². The van der Waals surface area contributed by atoms with Crippen LogP contribution in [0.3, 0.4) is 0 Å². The van der Waals surface area contributed by atoms with Crippen LogP contribution in [0.25, 0.3) is 0 Å². The van der Waals surface area contributed by atoms with Crippen molar-refractivity contribution in [2.75, 3.05) is 11.9 Å². The highest BCUT2D eigenvalue weighted by molar-refractivity contribution is 5.45. The first kappa shape index (κ1) is 13.4. The molecule has 2 heteroatoms. The summed E-state index contributed by atoms with van der Waals surface area (Å²) in [6.07, 6.45) is 7.99. The predicted molar refractivity (Wildman–Crippen MR) is 79.0 cm³/mol. The van der Waals surface area contributed by atoms with Crippen LogP contribution in [0.5, 0.6) is 0 Å². The van der Waals surface area contributed by atoms with Crippen LogP contribution in [-0.4, -0.2) is 12.6 Å². The summed E-state index contributed by atoms with van der Waals surface area (Å²) in [5, 5.41) is 3.43. The van der Waals surface area contributed by atoms with Crippen molar-refractivity contribution in [2.45, 2.75) is 57.4 Å². The minimum atomic E-state index is 0.277. The number of anilines is 1. The van der Waals surface area contributed by atoms with Gasteiger partial charge >= 0.3 is 0 Å². The van der Waals surface area contributed by atoms with Crippen LogP contribution in [0.2, 0.25) is 0 Å². The van der Waals surface area contributed by atoms with Crippen LogP contribution < -0.4 is 11.1 Å².